The van der Waals surface area contributed by atoms with E-state index in [1.807, 2.05) is 0 Å². The molecule has 6 atom stereocenters. The summed E-state index contributed by atoms with van der Waals surface area (Å²) in [4.78, 5) is 34.4. The van der Waals surface area contributed by atoms with Crippen LogP contribution in [0.5, 0.6) is 0 Å². The first-order chi connectivity index (χ1) is 10.1. The fourth-order valence-electron chi connectivity index (χ4n) is 4.17. The zero-order valence-electron chi connectivity index (χ0n) is 10.9. The minimum absolute atomic E-state index is 0.0137. The van der Waals surface area contributed by atoms with Crippen molar-refractivity contribution in [3.63, 3.8) is 0 Å². The van der Waals surface area contributed by atoms with Crippen molar-refractivity contribution in [2.45, 2.75) is 23.1 Å². The minimum Gasteiger partial charge on any atom is -0.481 e. The molecule has 0 spiro atoms. The Kier molecular flexibility index (Phi) is 3.54. The fourth-order valence-corrected chi connectivity index (χ4v) is 5.83. The lowest BCUT2D eigenvalue weighted by Gasteiger charge is -2.43. The molecule has 9 heteroatoms. The summed E-state index contributed by atoms with van der Waals surface area (Å²) in [5, 5.41) is 18.0. The van der Waals surface area contributed by atoms with E-state index in [4.69, 9.17) is 46.4 Å². The van der Waals surface area contributed by atoms with Gasteiger partial charge in [0.05, 0.1) is 21.4 Å². The largest absolute Gasteiger partial charge is 0.481 e. The molecule has 6 unspecified atom stereocenters. The zero-order chi connectivity index (χ0) is 16.6. The molecule has 22 heavy (non-hydrogen) atoms. The average Bonchev–Trinajstić information content (AvgIpc) is 2.67. The van der Waals surface area contributed by atoms with Gasteiger partial charge in [0, 0.05) is 0 Å². The lowest BCUT2D eigenvalue weighted by molar-refractivity contribution is -0.169. The molecule has 3 aliphatic carbocycles. The summed E-state index contributed by atoms with van der Waals surface area (Å²) >= 11 is 24.9. The number of hydrogen-bond donors (Lipinski definition) is 2. The molecule has 0 aromatic heterocycles. The molecule has 5 nitrogen and oxygen atoms in total. The van der Waals surface area contributed by atoms with Crippen molar-refractivity contribution in [3.05, 3.63) is 10.1 Å². The molecule has 0 amide bonds. The van der Waals surface area contributed by atoms with Gasteiger partial charge in [0.1, 0.15) is 10.3 Å². The number of hydrogen-bond acceptors (Lipinski definition) is 3. The Bertz CT molecular complexity index is 646. The van der Waals surface area contributed by atoms with Crippen LogP contribution >= 0.6 is 46.4 Å². The van der Waals surface area contributed by atoms with Crippen molar-refractivity contribution in [1.29, 1.82) is 0 Å². The summed E-state index contributed by atoms with van der Waals surface area (Å²) in [6.07, 6.45) is -0.281. The predicted octanol–water partition coefficient (Wildman–Crippen LogP) is 2.65. The van der Waals surface area contributed by atoms with Gasteiger partial charge in [0.2, 0.25) is 0 Å². The van der Waals surface area contributed by atoms with E-state index in [2.05, 4.69) is 0 Å². The molecule has 0 heterocycles. The summed E-state index contributed by atoms with van der Waals surface area (Å²) in [5.41, 5.74) is -2.09. The minimum atomic E-state index is -2.09. The van der Waals surface area contributed by atoms with Gasteiger partial charge in [-0.1, -0.05) is 23.2 Å². The average molecular weight is 388 g/mol. The van der Waals surface area contributed by atoms with Gasteiger partial charge in [-0.15, -0.1) is 23.2 Å². The van der Waals surface area contributed by atoms with Crippen LogP contribution in [0.25, 0.3) is 0 Å². The number of allylic oxidation sites excluding steroid dienone is 2. The molecule has 0 aliphatic heterocycles. The van der Waals surface area contributed by atoms with Crippen LogP contribution in [0.2, 0.25) is 0 Å². The van der Waals surface area contributed by atoms with Gasteiger partial charge in [0.15, 0.2) is 5.78 Å². The highest BCUT2D eigenvalue weighted by Crippen LogP contribution is 2.67. The van der Waals surface area contributed by atoms with Crippen molar-refractivity contribution in [2.75, 3.05) is 0 Å². The Morgan fingerprint density at radius 2 is 1.82 bits per heavy atom. The number of carboxylic acids is 2. The van der Waals surface area contributed by atoms with Gasteiger partial charge < -0.3 is 10.2 Å². The SMILES string of the molecule is O=C(O)C1CC2C(Cl)C(Cl)=C(Cl)C3(Cl)C(=O)C1(C(=O)O)CC23. The number of rotatable bonds is 2. The van der Waals surface area contributed by atoms with E-state index in [1.54, 1.807) is 0 Å². The van der Waals surface area contributed by atoms with Crippen LogP contribution in [0.3, 0.4) is 0 Å². The van der Waals surface area contributed by atoms with E-state index >= 15 is 0 Å². The number of aliphatic carboxylic acids is 2. The van der Waals surface area contributed by atoms with Crippen LogP contribution in [0.4, 0.5) is 0 Å². The summed E-state index contributed by atoms with van der Waals surface area (Å²) in [7, 11) is 0. The van der Waals surface area contributed by atoms with Gasteiger partial charge in [-0.2, -0.15) is 0 Å². The van der Waals surface area contributed by atoms with Crippen LogP contribution in [-0.4, -0.2) is 38.2 Å². The van der Waals surface area contributed by atoms with E-state index in [-0.39, 0.29) is 22.9 Å². The molecule has 3 rings (SSSR count). The number of alkyl halides is 2. The Hall–Kier alpha value is -0.490. The summed E-state index contributed by atoms with van der Waals surface area (Å²) in [5.74, 6) is -6.34. The van der Waals surface area contributed by atoms with E-state index in [1.165, 1.54) is 0 Å². The fraction of sp³-hybridized carbons (Fsp3) is 0.615. The predicted molar refractivity (Wildman–Crippen MR) is 79.4 cm³/mol. The number of carbonyl (C=O) groups excluding carboxylic acids is 1. The van der Waals surface area contributed by atoms with Crippen LogP contribution in [0, 0.1) is 23.2 Å². The number of fused-ring (bicyclic) bond motifs is 1. The molecule has 2 saturated carbocycles. The van der Waals surface area contributed by atoms with E-state index in [9.17, 15) is 24.6 Å². The van der Waals surface area contributed by atoms with Gasteiger partial charge in [-0.3, -0.25) is 14.4 Å². The number of carbonyl (C=O) groups is 3. The third-order valence-electron chi connectivity index (χ3n) is 5.23. The summed E-state index contributed by atoms with van der Waals surface area (Å²) < 4.78 is 0. The van der Waals surface area contributed by atoms with Crippen LogP contribution in [0.1, 0.15) is 12.8 Å². The molecule has 0 radical (unpaired) electrons. The highest BCUT2D eigenvalue weighted by atomic mass is 35.5. The maximum Gasteiger partial charge on any atom is 0.318 e. The second-order valence-corrected chi connectivity index (χ2v) is 7.83. The van der Waals surface area contributed by atoms with E-state index in [0.717, 1.165) is 0 Å². The van der Waals surface area contributed by atoms with Crippen molar-refractivity contribution in [2.24, 2.45) is 23.2 Å². The summed E-state index contributed by atoms with van der Waals surface area (Å²) in [6.45, 7) is 0. The Morgan fingerprint density at radius 3 is 2.32 bits per heavy atom. The first-order valence-electron chi connectivity index (χ1n) is 6.49. The van der Waals surface area contributed by atoms with Crippen molar-refractivity contribution >= 4 is 64.1 Å². The van der Waals surface area contributed by atoms with Crippen LogP contribution in [0.15, 0.2) is 10.1 Å². The van der Waals surface area contributed by atoms with Gasteiger partial charge in [0.25, 0.3) is 0 Å². The second-order valence-electron chi connectivity index (χ2n) is 5.98. The van der Waals surface area contributed by atoms with E-state index < -0.39 is 51.1 Å². The Labute approximate surface area is 145 Å². The highest BCUT2D eigenvalue weighted by Gasteiger charge is 2.76. The van der Waals surface area contributed by atoms with Gasteiger partial charge in [-0.05, 0) is 24.7 Å². The Balaban J connectivity index is 2.29. The maximum absolute atomic E-state index is 12.9. The highest BCUT2D eigenvalue weighted by molar-refractivity contribution is 6.53. The van der Waals surface area contributed by atoms with Gasteiger partial charge >= 0.3 is 11.9 Å². The maximum atomic E-state index is 12.9. The standard InChI is InChI=1S/C13H10Cl4O5/c14-6-3-1-4(9(18)19)12(11(21)22)2-5(3)13(17,10(12)20)8(16)7(6)15/h3-6H,1-2H2,(H,18,19)(H,21,22). The molecule has 2 N–H and O–H groups in total. The normalized spacial score (nSPS) is 46.8. The monoisotopic (exact) mass is 386 g/mol. The van der Waals surface area contributed by atoms with Gasteiger partial charge in [-0.25, -0.2) is 0 Å². The molecule has 120 valence electrons. The quantitative estimate of drug-likeness (QED) is 0.561. The number of halogens is 4. The molecule has 2 bridgehead atoms. The molecule has 0 aromatic rings. The van der Waals surface area contributed by atoms with Crippen molar-refractivity contribution in [1.82, 2.24) is 0 Å². The lowest BCUT2D eigenvalue weighted by Crippen LogP contribution is -2.49. The number of ketones is 1. The van der Waals surface area contributed by atoms with Crippen LogP contribution in [-0.2, 0) is 14.4 Å². The topological polar surface area (TPSA) is 91.7 Å². The third-order valence-corrected chi connectivity index (χ3v) is 7.65. The molecular formula is C13H10Cl4O5. The third kappa shape index (κ3) is 1.61. The number of Topliss-reactive ketones (excluding diaryl/α,β-unsaturated/α-hetero) is 1. The first kappa shape index (κ1) is 16.4. The smallest absolute Gasteiger partial charge is 0.318 e. The summed E-state index contributed by atoms with van der Waals surface area (Å²) in [6, 6.07) is 0. The molecule has 0 saturated heterocycles. The Morgan fingerprint density at radius 1 is 1.23 bits per heavy atom. The van der Waals surface area contributed by atoms with E-state index in [0.29, 0.717) is 0 Å². The lowest BCUT2D eigenvalue weighted by atomic mass is 9.62. The zero-order valence-corrected chi connectivity index (χ0v) is 13.9. The molecule has 0 aromatic carbocycles. The second kappa shape index (κ2) is 4.76. The molecule has 2 fully saturated rings. The first-order valence-corrected chi connectivity index (χ1v) is 8.06. The van der Waals surface area contributed by atoms with Crippen molar-refractivity contribution in [3.8, 4) is 0 Å². The number of carboxylic acid groups (broad SMARTS) is 2. The molecule has 3 aliphatic rings. The van der Waals surface area contributed by atoms with Crippen molar-refractivity contribution < 1.29 is 24.6 Å². The van der Waals surface area contributed by atoms with Crippen LogP contribution < -0.4 is 0 Å². The molecular weight excluding hydrogens is 378 g/mol.